The summed E-state index contributed by atoms with van der Waals surface area (Å²) in [5.41, 5.74) is 5.49. The largest absolute Gasteiger partial charge is 0.372 e. The Balaban J connectivity index is 1.75. The molecule has 4 nitrogen and oxygen atoms in total. The molecule has 0 unspecified atom stereocenters. The van der Waals surface area contributed by atoms with Crippen molar-refractivity contribution in [1.29, 1.82) is 0 Å². The lowest BCUT2D eigenvalue weighted by molar-refractivity contribution is 0.104. The Morgan fingerprint density at radius 1 is 0.929 bits per heavy atom. The van der Waals surface area contributed by atoms with E-state index in [-0.39, 0.29) is 5.78 Å². The summed E-state index contributed by atoms with van der Waals surface area (Å²) in [6.07, 6.45) is 6.94. The number of nitrogens with zero attached hydrogens (tertiary/aromatic N) is 3. The first-order chi connectivity index (χ1) is 13.6. The number of aryl methyl sites for hydroxylation is 1. The summed E-state index contributed by atoms with van der Waals surface area (Å²) in [6.45, 7) is 8.17. The first kappa shape index (κ1) is 19.5. The number of hydrogen-bond acceptors (Lipinski definition) is 4. The molecule has 0 radical (unpaired) electrons. The van der Waals surface area contributed by atoms with Gasteiger partial charge in [-0.05, 0) is 86.5 Å². The lowest BCUT2D eigenvalue weighted by Crippen LogP contribution is -2.21. The Bertz CT molecular complexity index is 973. The van der Waals surface area contributed by atoms with Gasteiger partial charge in [-0.2, -0.15) is 0 Å². The van der Waals surface area contributed by atoms with Crippen LogP contribution in [0.1, 0.15) is 35.3 Å². The van der Waals surface area contributed by atoms with E-state index in [2.05, 4.69) is 28.7 Å². The normalized spacial score (nSPS) is 11.0. The van der Waals surface area contributed by atoms with Gasteiger partial charge in [0.2, 0.25) is 0 Å². The van der Waals surface area contributed by atoms with Crippen LogP contribution in [0.4, 0.5) is 5.69 Å². The van der Waals surface area contributed by atoms with E-state index >= 15 is 0 Å². The number of allylic oxidation sites excluding steroid dienone is 1. The second kappa shape index (κ2) is 9.09. The first-order valence-corrected chi connectivity index (χ1v) is 9.57. The van der Waals surface area contributed by atoms with Gasteiger partial charge in [-0.25, -0.2) is 0 Å². The molecule has 3 aromatic rings. The molecule has 0 amide bonds. The third kappa shape index (κ3) is 4.71. The van der Waals surface area contributed by atoms with Gasteiger partial charge in [0.25, 0.3) is 0 Å². The molecule has 28 heavy (non-hydrogen) atoms. The van der Waals surface area contributed by atoms with Gasteiger partial charge in [-0.1, -0.05) is 6.08 Å². The zero-order valence-electron chi connectivity index (χ0n) is 16.6. The van der Waals surface area contributed by atoms with Crippen molar-refractivity contribution in [2.45, 2.75) is 20.8 Å². The summed E-state index contributed by atoms with van der Waals surface area (Å²) in [5, 5.41) is 0. The standard InChI is InChI=1S/C24H25N3O/c1-4-27(5-2)21-9-7-20(8-10-21)24(28)11-6-19-13-15-26-23(17-19)22-16-18(3)12-14-25-22/h6-17H,4-5H2,1-3H3/b11-6+. The van der Waals surface area contributed by atoms with Gasteiger partial charge in [-0.15, -0.1) is 0 Å². The fraction of sp³-hybridized carbons (Fsp3) is 0.208. The highest BCUT2D eigenvalue weighted by atomic mass is 16.1. The fourth-order valence-corrected chi connectivity index (χ4v) is 3.06. The van der Waals surface area contributed by atoms with Crippen molar-refractivity contribution in [3.8, 4) is 11.4 Å². The molecule has 2 aromatic heterocycles. The Kier molecular flexibility index (Phi) is 6.33. The third-order valence-electron chi connectivity index (χ3n) is 4.67. The van der Waals surface area contributed by atoms with Gasteiger partial charge in [0, 0.05) is 36.7 Å². The van der Waals surface area contributed by atoms with E-state index in [0.717, 1.165) is 41.3 Å². The van der Waals surface area contributed by atoms with Crippen LogP contribution in [0, 0.1) is 6.92 Å². The SMILES string of the molecule is CCN(CC)c1ccc(C(=O)/C=C/c2ccnc(-c3cc(C)ccn3)c2)cc1. The van der Waals surface area contributed by atoms with Gasteiger partial charge >= 0.3 is 0 Å². The van der Waals surface area contributed by atoms with Crippen LogP contribution in [0.5, 0.6) is 0 Å². The number of benzene rings is 1. The lowest BCUT2D eigenvalue weighted by atomic mass is 10.1. The van der Waals surface area contributed by atoms with Crippen LogP contribution in [0.15, 0.2) is 67.0 Å². The summed E-state index contributed by atoms with van der Waals surface area (Å²) in [4.78, 5) is 23.5. The van der Waals surface area contributed by atoms with E-state index in [0.29, 0.717) is 5.56 Å². The van der Waals surface area contributed by atoms with Gasteiger partial charge in [0.05, 0.1) is 11.4 Å². The molecule has 0 atom stereocenters. The van der Waals surface area contributed by atoms with E-state index in [1.807, 2.05) is 61.5 Å². The van der Waals surface area contributed by atoms with Gasteiger partial charge < -0.3 is 4.90 Å². The molecule has 0 spiro atoms. The molecular weight excluding hydrogens is 346 g/mol. The van der Waals surface area contributed by atoms with Gasteiger partial charge in [0.1, 0.15) is 0 Å². The maximum Gasteiger partial charge on any atom is 0.185 e. The zero-order valence-corrected chi connectivity index (χ0v) is 16.6. The molecule has 0 aliphatic rings. The van der Waals surface area contributed by atoms with E-state index in [9.17, 15) is 4.79 Å². The molecule has 3 rings (SSSR count). The molecule has 0 N–H and O–H groups in total. The van der Waals surface area contributed by atoms with Crippen molar-refractivity contribution in [2.24, 2.45) is 0 Å². The maximum atomic E-state index is 12.5. The summed E-state index contributed by atoms with van der Waals surface area (Å²) >= 11 is 0. The number of pyridine rings is 2. The molecule has 1 aromatic carbocycles. The van der Waals surface area contributed by atoms with Crippen molar-refractivity contribution in [3.05, 3.63) is 83.7 Å². The number of carbonyl (C=O) groups excluding carboxylic acids is 1. The Morgan fingerprint density at radius 2 is 1.57 bits per heavy atom. The molecular formula is C24H25N3O. The number of hydrogen-bond donors (Lipinski definition) is 0. The van der Waals surface area contributed by atoms with Crippen LogP contribution >= 0.6 is 0 Å². The van der Waals surface area contributed by atoms with Crippen LogP contribution < -0.4 is 4.90 Å². The quantitative estimate of drug-likeness (QED) is 0.423. The second-order valence-corrected chi connectivity index (χ2v) is 6.61. The fourth-order valence-electron chi connectivity index (χ4n) is 3.06. The van der Waals surface area contributed by atoms with Crippen molar-refractivity contribution in [3.63, 3.8) is 0 Å². The number of anilines is 1. The minimum absolute atomic E-state index is 0.0156. The summed E-state index contributed by atoms with van der Waals surface area (Å²) < 4.78 is 0. The third-order valence-corrected chi connectivity index (χ3v) is 4.67. The van der Waals surface area contributed by atoms with Crippen molar-refractivity contribution >= 4 is 17.5 Å². The molecule has 0 bridgehead atoms. The average molecular weight is 371 g/mol. The number of ketones is 1. The molecule has 0 fully saturated rings. The molecule has 2 heterocycles. The van der Waals surface area contributed by atoms with E-state index in [1.165, 1.54) is 0 Å². The van der Waals surface area contributed by atoms with Crippen molar-refractivity contribution in [2.75, 3.05) is 18.0 Å². The van der Waals surface area contributed by atoms with Crippen molar-refractivity contribution in [1.82, 2.24) is 9.97 Å². The van der Waals surface area contributed by atoms with E-state index in [4.69, 9.17) is 0 Å². The molecule has 4 heteroatoms. The number of carbonyl (C=O) groups is 1. The van der Waals surface area contributed by atoms with Gasteiger partial charge in [-0.3, -0.25) is 14.8 Å². The Labute approximate surface area is 166 Å². The number of aromatic nitrogens is 2. The highest BCUT2D eigenvalue weighted by Gasteiger charge is 2.06. The van der Waals surface area contributed by atoms with Crippen LogP contribution in [-0.2, 0) is 0 Å². The number of rotatable bonds is 7. The van der Waals surface area contributed by atoms with E-state index < -0.39 is 0 Å². The lowest BCUT2D eigenvalue weighted by Gasteiger charge is -2.20. The average Bonchev–Trinajstić information content (AvgIpc) is 2.73. The maximum absolute atomic E-state index is 12.5. The van der Waals surface area contributed by atoms with Crippen molar-refractivity contribution < 1.29 is 4.79 Å². The van der Waals surface area contributed by atoms with E-state index in [1.54, 1.807) is 18.5 Å². The minimum atomic E-state index is -0.0156. The molecule has 0 saturated heterocycles. The van der Waals surface area contributed by atoms with Crippen LogP contribution in [0.25, 0.3) is 17.5 Å². The smallest absolute Gasteiger partial charge is 0.185 e. The molecule has 0 aliphatic carbocycles. The summed E-state index contributed by atoms with van der Waals surface area (Å²) in [5.74, 6) is -0.0156. The molecule has 0 saturated carbocycles. The van der Waals surface area contributed by atoms with Crippen LogP contribution in [0.3, 0.4) is 0 Å². The first-order valence-electron chi connectivity index (χ1n) is 9.57. The van der Waals surface area contributed by atoms with Crippen LogP contribution in [0.2, 0.25) is 0 Å². The molecule has 142 valence electrons. The zero-order chi connectivity index (χ0) is 19.9. The predicted octanol–water partition coefficient (Wildman–Crippen LogP) is 5.19. The predicted molar refractivity (Wildman–Crippen MR) is 116 cm³/mol. The Hall–Kier alpha value is -3.27. The molecule has 0 aliphatic heterocycles. The second-order valence-electron chi connectivity index (χ2n) is 6.61. The van der Waals surface area contributed by atoms with Crippen LogP contribution in [-0.4, -0.2) is 28.8 Å². The topological polar surface area (TPSA) is 46.1 Å². The summed E-state index contributed by atoms with van der Waals surface area (Å²) in [7, 11) is 0. The minimum Gasteiger partial charge on any atom is -0.372 e. The summed E-state index contributed by atoms with van der Waals surface area (Å²) in [6, 6.07) is 15.5. The monoisotopic (exact) mass is 371 g/mol. The highest BCUT2D eigenvalue weighted by Crippen LogP contribution is 2.18. The highest BCUT2D eigenvalue weighted by molar-refractivity contribution is 6.07. The Morgan fingerprint density at radius 3 is 2.21 bits per heavy atom. The van der Waals surface area contributed by atoms with Gasteiger partial charge in [0.15, 0.2) is 5.78 Å².